The molecule has 0 saturated heterocycles. The van der Waals surface area contributed by atoms with Crippen molar-refractivity contribution in [3.8, 4) is 0 Å². The van der Waals surface area contributed by atoms with E-state index in [0.717, 1.165) is 0 Å². The fourth-order valence-corrected chi connectivity index (χ4v) is 3.20. The number of nitrogen functional groups attached to an aromatic ring is 1. The van der Waals surface area contributed by atoms with Crippen LogP contribution in [0.25, 0.3) is 0 Å². The molecule has 0 aliphatic heterocycles. The van der Waals surface area contributed by atoms with Crippen molar-refractivity contribution in [2.75, 3.05) is 12.8 Å². The summed E-state index contributed by atoms with van der Waals surface area (Å²) in [7, 11) is -2.65. The molecule has 0 aromatic heterocycles. The van der Waals surface area contributed by atoms with Crippen molar-refractivity contribution in [3.05, 3.63) is 23.8 Å². The molecule has 0 amide bonds. The molecule has 1 rings (SSSR count). The number of hydrogen-bond donors (Lipinski definition) is 2. The number of nitrogens with one attached hydrogen (secondary N) is 1. The Morgan fingerprint density at radius 1 is 1.40 bits per heavy atom. The lowest BCUT2D eigenvalue weighted by molar-refractivity contribution is 0.0596. The zero-order valence-electron chi connectivity index (χ0n) is 12.1. The fraction of sp³-hybridized carbons (Fsp3) is 0.462. The Balaban J connectivity index is 3.35. The maximum absolute atomic E-state index is 12.4. The highest BCUT2D eigenvalue weighted by Crippen LogP contribution is 2.22. The van der Waals surface area contributed by atoms with Gasteiger partial charge in [0.25, 0.3) is 0 Å². The summed E-state index contributed by atoms with van der Waals surface area (Å²) in [5.41, 5.74) is 5.19. The van der Waals surface area contributed by atoms with Crippen molar-refractivity contribution in [1.82, 2.24) is 4.72 Å². The Kier molecular flexibility index (Phi) is 4.77. The van der Waals surface area contributed by atoms with Crippen LogP contribution in [0.3, 0.4) is 0 Å². The van der Waals surface area contributed by atoms with Crippen LogP contribution in [0.1, 0.15) is 37.6 Å². The molecule has 3 N–H and O–H groups in total. The Morgan fingerprint density at radius 3 is 2.50 bits per heavy atom. The van der Waals surface area contributed by atoms with Crippen LogP contribution in [0, 0.1) is 0 Å². The highest BCUT2D eigenvalue weighted by Gasteiger charge is 2.28. The third-order valence-electron chi connectivity index (χ3n) is 2.99. The summed E-state index contributed by atoms with van der Waals surface area (Å²) in [6.45, 7) is 5.39. The molecule has 0 fully saturated rings. The minimum atomic E-state index is -3.84. The van der Waals surface area contributed by atoms with Gasteiger partial charge in [-0.3, -0.25) is 0 Å². The molecule has 20 heavy (non-hydrogen) atoms. The van der Waals surface area contributed by atoms with Gasteiger partial charge in [-0.2, -0.15) is 0 Å². The monoisotopic (exact) mass is 300 g/mol. The molecule has 1 aromatic rings. The average molecular weight is 300 g/mol. The van der Waals surface area contributed by atoms with Gasteiger partial charge in [0.05, 0.1) is 17.6 Å². The Morgan fingerprint density at radius 2 is 2.00 bits per heavy atom. The average Bonchev–Trinajstić information content (AvgIpc) is 2.36. The SMILES string of the molecule is CCC(C)(C)NS(=O)(=O)c1ccc(N)cc1C(=O)OC. The summed E-state index contributed by atoms with van der Waals surface area (Å²) in [6.07, 6.45) is 0.606. The van der Waals surface area contributed by atoms with Crippen LogP contribution < -0.4 is 10.5 Å². The summed E-state index contributed by atoms with van der Waals surface area (Å²) < 4.78 is 32.0. The summed E-state index contributed by atoms with van der Waals surface area (Å²) in [6, 6.07) is 4.02. The number of esters is 1. The molecule has 0 aliphatic carbocycles. The molecule has 1 aromatic carbocycles. The number of carbonyl (C=O) groups excluding carboxylic acids is 1. The lowest BCUT2D eigenvalue weighted by Crippen LogP contribution is -2.43. The van der Waals surface area contributed by atoms with E-state index < -0.39 is 21.5 Å². The molecule has 0 atom stereocenters. The topological polar surface area (TPSA) is 98.5 Å². The first-order valence-corrected chi connectivity index (χ1v) is 7.63. The van der Waals surface area contributed by atoms with Crippen LogP contribution in [0.2, 0.25) is 0 Å². The lowest BCUT2D eigenvalue weighted by atomic mass is 10.0. The van der Waals surface area contributed by atoms with Crippen LogP contribution in [0.15, 0.2) is 23.1 Å². The van der Waals surface area contributed by atoms with Gasteiger partial charge in [-0.25, -0.2) is 17.9 Å². The predicted molar refractivity (Wildman–Crippen MR) is 76.9 cm³/mol. The van der Waals surface area contributed by atoms with Gasteiger partial charge >= 0.3 is 5.97 Å². The number of anilines is 1. The van der Waals surface area contributed by atoms with Crippen molar-refractivity contribution < 1.29 is 17.9 Å². The number of methoxy groups -OCH3 is 1. The highest BCUT2D eigenvalue weighted by molar-refractivity contribution is 7.89. The van der Waals surface area contributed by atoms with E-state index in [1.165, 1.54) is 25.3 Å². The van der Waals surface area contributed by atoms with E-state index in [-0.39, 0.29) is 10.5 Å². The molecule has 0 saturated carbocycles. The van der Waals surface area contributed by atoms with E-state index in [4.69, 9.17) is 5.73 Å². The van der Waals surface area contributed by atoms with E-state index >= 15 is 0 Å². The van der Waals surface area contributed by atoms with Crippen molar-refractivity contribution in [3.63, 3.8) is 0 Å². The Labute approximate surface area is 119 Å². The molecule has 0 unspecified atom stereocenters. The minimum Gasteiger partial charge on any atom is -0.465 e. The van der Waals surface area contributed by atoms with Crippen molar-refractivity contribution in [1.29, 1.82) is 0 Å². The van der Waals surface area contributed by atoms with Crippen LogP contribution in [0.4, 0.5) is 5.69 Å². The quantitative estimate of drug-likeness (QED) is 0.634. The second-order valence-corrected chi connectivity index (χ2v) is 6.74. The molecule has 0 bridgehead atoms. The summed E-state index contributed by atoms with van der Waals surface area (Å²) in [5, 5.41) is 0. The van der Waals surface area contributed by atoms with Gasteiger partial charge in [0, 0.05) is 11.2 Å². The molecular formula is C13H20N2O4S. The molecule has 0 heterocycles. The van der Waals surface area contributed by atoms with Gasteiger partial charge in [-0.1, -0.05) is 6.92 Å². The largest absolute Gasteiger partial charge is 0.465 e. The number of sulfonamides is 1. The van der Waals surface area contributed by atoms with Crippen molar-refractivity contribution in [2.45, 2.75) is 37.6 Å². The molecule has 7 heteroatoms. The van der Waals surface area contributed by atoms with Crippen molar-refractivity contribution in [2.24, 2.45) is 0 Å². The smallest absolute Gasteiger partial charge is 0.339 e. The van der Waals surface area contributed by atoms with E-state index in [1.807, 2.05) is 6.92 Å². The zero-order chi connectivity index (χ0) is 15.6. The summed E-state index contributed by atoms with van der Waals surface area (Å²) in [5.74, 6) is -0.744. The first-order valence-electron chi connectivity index (χ1n) is 6.15. The standard InChI is InChI=1S/C13H20N2O4S/c1-5-13(2,3)15-20(17,18)11-7-6-9(14)8-10(11)12(16)19-4/h6-8,15H,5,14H2,1-4H3. The molecule has 0 aliphatic rings. The van der Waals surface area contributed by atoms with Gasteiger partial charge in [-0.15, -0.1) is 0 Å². The number of benzene rings is 1. The van der Waals surface area contributed by atoms with Crippen LogP contribution in [0.5, 0.6) is 0 Å². The maximum Gasteiger partial charge on any atom is 0.339 e. The zero-order valence-corrected chi connectivity index (χ0v) is 12.9. The normalized spacial score (nSPS) is 12.2. The van der Waals surface area contributed by atoms with Gasteiger partial charge in [0.1, 0.15) is 0 Å². The van der Waals surface area contributed by atoms with Crippen LogP contribution in [-0.4, -0.2) is 27.0 Å². The van der Waals surface area contributed by atoms with Crippen molar-refractivity contribution >= 4 is 21.7 Å². The predicted octanol–water partition coefficient (Wildman–Crippen LogP) is 1.52. The first kappa shape index (κ1) is 16.5. The summed E-state index contributed by atoms with van der Waals surface area (Å²) >= 11 is 0. The van der Waals surface area contributed by atoms with E-state index in [9.17, 15) is 13.2 Å². The second kappa shape index (κ2) is 5.80. The third kappa shape index (κ3) is 3.71. The fourth-order valence-electron chi connectivity index (χ4n) is 1.54. The molecule has 6 nitrogen and oxygen atoms in total. The number of nitrogens with two attached hydrogens (primary N) is 1. The third-order valence-corrected chi connectivity index (χ3v) is 4.75. The minimum absolute atomic E-state index is 0.0769. The Hall–Kier alpha value is -1.60. The first-order chi connectivity index (χ1) is 9.13. The van der Waals surface area contributed by atoms with Crippen LogP contribution in [-0.2, 0) is 14.8 Å². The summed E-state index contributed by atoms with van der Waals surface area (Å²) in [4.78, 5) is 11.6. The van der Waals surface area contributed by atoms with Gasteiger partial charge < -0.3 is 10.5 Å². The number of carbonyl (C=O) groups is 1. The number of ether oxygens (including phenoxy) is 1. The second-order valence-electron chi connectivity index (χ2n) is 5.09. The molecule has 0 radical (unpaired) electrons. The number of rotatable bonds is 5. The van der Waals surface area contributed by atoms with Gasteiger partial charge in [0.2, 0.25) is 10.0 Å². The maximum atomic E-state index is 12.4. The van der Waals surface area contributed by atoms with E-state index in [1.54, 1.807) is 13.8 Å². The van der Waals surface area contributed by atoms with E-state index in [0.29, 0.717) is 12.1 Å². The Bertz CT molecular complexity index is 609. The van der Waals surface area contributed by atoms with E-state index in [2.05, 4.69) is 9.46 Å². The molecular weight excluding hydrogens is 280 g/mol. The lowest BCUT2D eigenvalue weighted by Gasteiger charge is -2.24. The molecule has 0 spiro atoms. The van der Waals surface area contributed by atoms with Gasteiger partial charge in [0.15, 0.2) is 0 Å². The highest BCUT2D eigenvalue weighted by atomic mass is 32.2. The van der Waals surface area contributed by atoms with Gasteiger partial charge in [-0.05, 0) is 38.5 Å². The molecule has 112 valence electrons. The van der Waals surface area contributed by atoms with Crippen LogP contribution >= 0.6 is 0 Å². The number of hydrogen-bond acceptors (Lipinski definition) is 5.